The zero-order valence-corrected chi connectivity index (χ0v) is 15.0. The maximum absolute atomic E-state index is 5.77. The molecule has 0 spiro atoms. The monoisotopic (exact) mass is 311 g/mol. The van der Waals surface area contributed by atoms with Gasteiger partial charge in [-0.25, -0.2) is 0 Å². The third-order valence-electron chi connectivity index (χ3n) is 3.73. The summed E-state index contributed by atoms with van der Waals surface area (Å²) in [6, 6.07) is 17.0. The lowest BCUT2D eigenvalue weighted by molar-refractivity contribution is 0.271. The highest BCUT2D eigenvalue weighted by atomic mass is 16.5. The average molecular weight is 311 g/mol. The van der Waals surface area contributed by atoms with Crippen LogP contribution in [0.2, 0.25) is 0 Å². The Labute approximate surface area is 140 Å². The summed E-state index contributed by atoms with van der Waals surface area (Å²) in [5.74, 6) is 1.46. The lowest BCUT2D eigenvalue weighted by atomic mass is 9.87. The summed E-state index contributed by atoms with van der Waals surface area (Å²) in [5, 5.41) is 3.47. The molecule has 0 saturated heterocycles. The first-order valence-electron chi connectivity index (χ1n) is 8.41. The first kappa shape index (κ1) is 17.4. The Kier molecular flexibility index (Phi) is 5.70. The molecule has 0 atom stereocenters. The van der Waals surface area contributed by atoms with Crippen molar-refractivity contribution in [3.8, 4) is 5.75 Å². The largest absolute Gasteiger partial charge is 0.493 e. The molecule has 0 saturated carbocycles. The molecule has 0 bridgehead atoms. The molecule has 0 amide bonds. The molecule has 0 aromatic heterocycles. The van der Waals surface area contributed by atoms with Crippen molar-refractivity contribution >= 4 is 5.69 Å². The molecule has 23 heavy (non-hydrogen) atoms. The van der Waals surface area contributed by atoms with Crippen molar-refractivity contribution in [1.29, 1.82) is 0 Å². The fourth-order valence-corrected chi connectivity index (χ4v) is 2.29. The van der Waals surface area contributed by atoms with E-state index in [2.05, 4.69) is 76.3 Å². The van der Waals surface area contributed by atoms with E-state index < -0.39 is 0 Å². The Balaban J connectivity index is 1.94. The van der Waals surface area contributed by atoms with Gasteiger partial charge in [0, 0.05) is 18.3 Å². The van der Waals surface area contributed by atoms with Gasteiger partial charge in [-0.1, -0.05) is 65.0 Å². The molecular formula is C21H29NO. The van der Waals surface area contributed by atoms with Crippen molar-refractivity contribution in [3.63, 3.8) is 0 Å². The van der Waals surface area contributed by atoms with Gasteiger partial charge in [-0.05, 0) is 34.6 Å². The third-order valence-corrected chi connectivity index (χ3v) is 3.73. The van der Waals surface area contributed by atoms with Gasteiger partial charge in [0.1, 0.15) is 5.75 Å². The van der Waals surface area contributed by atoms with Gasteiger partial charge < -0.3 is 10.1 Å². The van der Waals surface area contributed by atoms with Crippen LogP contribution in [0.15, 0.2) is 48.5 Å². The fourth-order valence-electron chi connectivity index (χ4n) is 2.29. The summed E-state index contributed by atoms with van der Waals surface area (Å²) >= 11 is 0. The highest BCUT2D eigenvalue weighted by Crippen LogP contribution is 2.23. The van der Waals surface area contributed by atoms with Crippen LogP contribution in [-0.2, 0) is 12.0 Å². The topological polar surface area (TPSA) is 21.3 Å². The average Bonchev–Trinajstić information content (AvgIpc) is 2.51. The van der Waals surface area contributed by atoms with Crippen LogP contribution in [0.25, 0.3) is 0 Å². The molecule has 2 nitrogen and oxygen atoms in total. The Morgan fingerprint density at radius 1 is 1.00 bits per heavy atom. The van der Waals surface area contributed by atoms with Crippen molar-refractivity contribution in [1.82, 2.24) is 0 Å². The van der Waals surface area contributed by atoms with E-state index in [-0.39, 0.29) is 5.41 Å². The number of ether oxygens (including phenoxy) is 1. The number of anilines is 1. The molecule has 0 aliphatic heterocycles. The van der Waals surface area contributed by atoms with Crippen LogP contribution in [0, 0.1) is 5.92 Å². The minimum atomic E-state index is 0.202. The van der Waals surface area contributed by atoms with Crippen molar-refractivity contribution < 1.29 is 4.74 Å². The molecule has 124 valence electrons. The summed E-state index contributed by atoms with van der Waals surface area (Å²) in [6.07, 6.45) is 0. The normalized spacial score (nSPS) is 11.6. The van der Waals surface area contributed by atoms with E-state index in [1.54, 1.807) is 0 Å². The van der Waals surface area contributed by atoms with Crippen LogP contribution in [-0.4, -0.2) is 6.61 Å². The van der Waals surface area contributed by atoms with Gasteiger partial charge in [-0.2, -0.15) is 0 Å². The number of nitrogens with one attached hydrogen (secondary N) is 1. The van der Waals surface area contributed by atoms with Crippen LogP contribution in [0.1, 0.15) is 45.7 Å². The summed E-state index contributed by atoms with van der Waals surface area (Å²) < 4.78 is 5.77. The molecule has 0 radical (unpaired) electrons. The second kappa shape index (κ2) is 7.54. The maximum atomic E-state index is 5.77. The number of benzene rings is 2. The third kappa shape index (κ3) is 5.63. The van der Waals surface area contributed by atoms with E-state index in [0.717, 1.165) is 24.6 Å². The van der Waals surface area contributed by atoms with Crippen LogP contribution in [0.5, 0.6) is 5.75 Å². The summed E-state index contributed by atoms with van der Waals surface area (Å²) in [6.45, 7) is 12.6. The van der Waals surface area contributed by atoms with Gasteiger partial charge in [-0.3, -0.25) is 0 Å². The molecule has 0 unspecified atom stereocenters. The first-order valence-corrected chi connectivity index (χ1v) is 8.41. The van der Waals surface area contributed by atoms with E-state index >= 15 is 0 Å². The Morgan fingerprint density at radius 2 is 1.70 bits per heavy atom. The lowest BCUT2D eigenvalue weighted by Crippen LogP contribution is -2.11. The maximum Gasteiger partial charge on any atom is 0.121 e. The predicted octanol–water partition coefficient (Wildman–Crippen LogP) is 5.63. The molecule has 2 heteroatoms. The zero-order valence-electron chi connectivity index (χ0n) is 15.0. The van der Waals surface area contributed by atoms with Gasteiger partial charge in [0.05, 0.1) is 6.61 Å². The molecule has 2 aromatic carbocycles. The Hall–Kier alpha value is -1.96. The highest BCUT2D eigenvalue weighted by Gasteiger charge is 2.12. The van der Waals surface area contributed by atoms with Crippen molar-refractivity contribution in [2.45, 2.75) is 46.6 Å². The van der Waals surface area contributed by atoms with Gasteiger partial charge in [0.15, 0.2) is 0 Å². The van der Waals surface area contributed by atoms with Crippen LogP contribution in [0.3, 0.4) is 0 Å². The van der Waals surface area contributed by atoms with Gasteiger partial charge in [0.2, 0.25) is 0 Å². The smallest absolute Gasteiger partial charge is 0.121 e. The fraction of sp³-hybridized carbons (Fsp3) is 0.429. The second-order valence-corrected chi connectivity index (χ2v) is 7.53. The van der Waals surface area contributed by atoms with Crippen molar-refractivity contribution in [2.75, 3.05) is 11.9 Å². The Morgan fingerprint density at radius 3 is 2.30 bits per heavy atom. The molecule has 1 N–H and O–H groups in total. The first-order chi connectivity index (χ1) is 10.8. The van der Waals surface area contributed by atoms with Crippen molar-refractivity contribution in [3.05, 3.63) is 59.7 Å². The van der Waals surface area contributed by atoms with Crippen LogP contribution < -0.4 is 10.1 Å². The molecule has 0 aliphatic carbocycles. The highest BCUT2D eigenvalue weighted by molar-refractivity contribution is 5.48. The van der Waals surface area contributed by atoms with Crippen LogP contribution >= 0.6 is 0 Å². The molecular weight excluding hydrogens is 282 g/mol. The second-order valence-electron chi connectivity index (χ2n) is 7.53. The minimum absolute atomic E-state index is 0.202. The van der Waals surface area contributed by atoms with E-state index in [1.807, 2.05) is 12.1 Å². The summed E-state index contributed by atoms with van der Waals surface area (Å²) in [5.41, 5.74) is 3.94. The minimum Gasteiger partial charge on any atom is -0.493 e. The lowest BCUT2D eigenvalue weighted by Gasteiger charge is -2.19. The van der Waals surface area contributed by atoms with Gasteiger partial charge in [0.25, 0.3) is 0 Å². The molecule has 2 aromatic rings. The summed E-state index contributed by atoms with van der Waals surface area (Å²) in [7, 11) is 0. The Bertz CT molecular complexity index is 608. The van der Waals surface area contributed by atoms with E-state index in [9.17, 15) is 0 Å². The molecule has 0 aliphatic rings. The SMILES string of the molecule is CC(C)COc1cccc(NCc2ccc(C(C)(C)C)cc2)c1. The van der Waals surface area contributed by atoms with Gasteiger partial charge in [-0.15, -0.1) is 0 Å². The number of hydrogen-bond donors (Lipinski definition) is 1. The zero-order chi connectivity index (χ0) is 16.9. The standard InChI is InChI=1S/C21H29NO/c1-16(2)15-23-20-8-6-7-19(13-20)22-14-17-9-11-18(12-10-17)21(3,4)5/h6-13,16,22H,14-15H2,1-5H3. The number of hydrogen-bond acceptors (Lipinski definition) is 2. The summed E-state index contributed by atoms with van der Waals surface area (Å²) in [4.78, 5) is 0. The molecule has 0 heterocycles. The quantitative estimate of drug-likeness (QED) is 0.746. The van der Waals surface area contributed by atoms with E-state index in [4.69, 9.17) is 4.74 Å². The predicted molar refractivity (Wildman–Crippen MR) is 99.2 cm³/mol. The van der Waals surface area contributed by atoms with Crippen LogP contribution in [0.4, 0.5) is 5.69 Å². The molecule has 0 fully saturated rings. The van der Waals surface area contributed by atoms with E-state index in [1.165, 1.54) is 11.1 Å². The number of rotatable bonds is 6. The van der Waals surface area contributed by atoms with E-state index in [0.29, 0.717) is 5.92 Å². The van der Waals surface area contributed by atoms with Crippen molar-refractivity contribution in [2.24, 2.45) is 5.92 Å². The van der Waals surface area contributed by atoms with Gasteiger partial charge >= 0.3 is 0 Å². The molecule has 2 rings (SSSR count).